The zero-order chi connectivity index (χ0) is 15.8. The van der Waals surface area contributed by atoms with Crippen LogP contribution in [-0.2, 0) is 0 Å². The Labute approximate surface area is 137 Å². The van der Waals surface area contributed by atoms with Crippen molar-refractivity contribution in [2.75, 3.05) is 13.1 Å². The van der Waals surface area contributed by atoms with Crippen LogP contribution < -0.4 is 10.2 Å². The lowest BCUT2D eigenvalue weighted by molar-refractivity contribution is 0.339. The predicted octanol–water partition coefficient (Wildman–Crippen LogP) is 3.55. The van der Waals surface area contributed by atoms with Gasteiger partial charge in [0.1, 0.15) is 0 Å². The summed E-state index contributed by atoms with van der Waals surface area (Å²) in [6.45, 7) is 6.50. The predicted molar refractivity (Wildman–Crippen MR) is 92.9 cm³/mol. The summed E-state index contributed by atoms with van der Waals surface area (Å²) >= 11 is 0. The van der Waals surface area contributed by atoms with Gasteiger partial charge in [0.2, 0.25) is 0 Å². The first-order valence-corrected chi connectivity index (χ1v) is 8.32. The molecule has 0 spiro atoms. The molecule has 0 aromatic heterocycles. The maximum Gasteiger partial charge on any atom is 0.157 e. The number of para-hydroxylation sites is 1. The van der Waals surface area contributed by atoms with Crippen LogP contribution in [0.3, 0.4) is 0 Å². The van der Waals surface area contributed by atoms with Gasteiger partial charge >= 0.3 is 0 Å². The van der Waals surface area contributed by atoms with Gasteiger partial charge in [0.05, 0.1) is 5.71 Å². The maximum absolute atomic E-state index is 5.73. The number of hydrogen-bond acceptors (Lipinski definition) is 3. The van der Waals surface area contributed by atoms with Crippen molar-refractivity contribution in [3.05, 3.63) is 65.2 Å². The Kier molecular flexibility index (Phi) is 3.66. The Morgan fingerprint density at radius 2 is 1.74 bits per heavy atom. The first-order chi connectivity index (χ1) is 11.2. The van der Waals surface area contributed by atoms with Gasteiger partial charge < -0.3 is 10.2 Å². The Hall–Kier alpha value is -2.13. The summed E-state index contributed by atoms with van der Waals surface area (Å²) in [5, 5.41) is 8.02. The molecule has 1 N–H and O–H groups in total. The van der Waals surface area contributed by atoms with E-state index in [1.807, 2.05) is 30.3 Å². The van der Waals surface area contributed by atoms with Crippen LogP contribution in [0.2, 0.25) is 0 Å². The number of fused-ring (bicyclic) bond motifs is 1. The molecule has 1 heterocycles. The highest BCUT2D eigenvalue weighted by atomic mass is 16.6. The molecular weight excluding hydrogens is 284 g/mol. The quantitative estimate of drug-likeness (QED) is 0.692. The molecule has 2 aromatic rings. The molecule has 1 saturated heterocycles. The van der Waals surface area contributed by atoms with Crippen molar-refractivity contribution >= 4 is 5.71 Å². The van der Waals surface area contributed by atoms with E-state index in [0.29, 0.717) is 5.92 Å². The Morgan fingerprint density at radius 1 is 1.00 bits per heavy atom. The standard InChI is InChI=1S/C20H22N2O/c1-13-8-9-15(10-14(13)2)20(19-17-11-21-12-18(17)19)22-23-16-6-4-3-5-7-16/h3-10,17-19,21H,11-12H2,1-2H3/b22-20+. The topological polar surface area (TPSA) is 33.6 Å². The Balaban J connectivity index is 1.65. The molecule has 2 unspecified atom stereocenters. The number of rotatable bonds is 4. The van der Waals surface area contributed by atoms with Gasteiger partial charge in [0.15, 0.2) is 5.75 Å². The van der Waals surface area contributed by atoms with E-state index in [0.717, 1.165) is 36.4 Å². The average molecular weight is 306 g/mol. The molecule has 2 atom stereocenters. The molecule has 1 saturated carbocycles. The van der Waals surface area contributed by atoms with Crippen molar-refractivity contribution in [1.82, 2.24) is 5.32 Å². The zero-order valence-electron chi connectivity index (χ0n) is 13.6. The van der Waals surface area contributed by atoms with Gasteiger partial charge in [0, 0.05) is 5.92 Å². The minimum absolute atomic E-state index is 0.530. The number of piperidine rings is 1. The van der Waals surface area contributed by atoms with Crippen LogP contribution in [0.15, 0.2) is 53.7 Å². The molecule has 1 aliphatic heterocycles. The van der Waals surface area contributed by atoms with Gasteiger partial charge in [0.25, 0.3) is 0 Å². The van der Waals surface area contributed by atoms with Crippen molar-refractivity contribution < 1.29 is 4.84 Å². The number of aryl methyl sites for hydroxylation is 2. The summed E-state index contributed by atoms with van der Waals surface area (Å²) in [5.41, 5.74) is 4.92. The molecule has 4 rings (SSSR count). The number of hydrogen-bond donors (Lipinski definition) is 1. The Morgan fingerprint density at radius 3 is 2.43 bits per heavy atom. The van der Waals surface area contributed by atoms with Crippen LogP contribution in [0.5, 0.6) is 5.75 Å². The molecule has 2 fully saturated rings. The SMILES string of the molecule is Cc1ccc(/C(=N\Oc2ccccc2)C2C3CNCC32)cc1C. The van der Waals surface area contributed by atoms with Gasteiger partial charge in [-0.2, -0.15) is 0 Å². The van der Waals surface area contributed by atoms with Crippen molar-refractivity contribution in [2.24, 2.45) is 22.9 Å². The van der Waals surface area contributed by atoms with Crippen molar-refractivity contribution in [3.63, 3.8) is 0 Å². The largest absolute Gasteiger partial charge is 0.357 e. The zero-order valence-corrected chi connectivity index (χ0v) is 13.6. The lowest BCUT2D eigenvalue weighted by Gasteiger charge is -2.11. The van der Waals surface area contributed by atoms with Crippen molar-refractivity contribution in [3.8, 4) is 5.75 Å². The van der Waals surface area contributed by atoms with Crippen LogP contribution >= 0.6 is 0 Å². The molecule has 2 aliphatic rings. The number of oxime groups is 1. The van der Waals surface area contributed by atoms with Crippen LogP contribution in [0.4, 0.5) is 0 Å². The minimum atomic E-state index is 0.530. The first-order valence-electron chi connectivity index (χ1n) is 8.32. The second-order valence-electron chi connectivity index (χ2n) is 6.69. The lowest BCUT2D eigenvalue weighted by atomic mass is 9.99. The first kappa shape index (κ1) is 14.5. The van der Waals surface area contributed by atoms with Crippen molar-refractivity contribution in [2.45, 2.75) is 13.8 Å². The van der Waals surface area contributed by atoms with Crippen LogP contribution in [0.25, 0.3) is 0 Å². The Bertz CT molecular complexity index is 729. The summed E-state index contributed by atoms with van der Waals surface area (Å²) in [5.74, 6) is 2.75. The fourth-order valence-electron chi connectivity index (χ4n) is 3.61. The third-order valence-electron chi connectivity index (χ3n) is 5.20. The van der Waals surface area contributed by atoms with E-state index >= 15 is 0 Å². The molecule has 118 valence electrons. The maximum atomic E-state index is 5.73. The van der Waals surface area contributed by atoms with E-state index in [1.165, 1.54) is 16.7 Å². The molecular formula is C20H22N2O. The molecule has 1 aliphatic carbocycles. The van der Waals surface area contributed by atoms with E-state index in [-0.39, 0.29) is 0 Å². The fourth-order valence-corrected chi connectivity index (χ4v) is 3.61. The van der Waals surface area contributed by atoms with Crippen LogP contribution in [0, 0.1) is 31.6 Å². The summed E-state index contributed by atoms with van der Waals surface area (Å²) in [6, 6.07) is 16.4. The summed E-state index contributed by atoms with van der Waals surface area (Å²) < 4.78 is 0. The average Bonchev–Trinajstić information content (AvgIpc) is 3.03. The molecule has 23 heavy (non-hydrogen) atoms. The van der Waals surface area contributed by atoms with Gasteiger partial charge in [-0.15, -0.1) is 0 Å². The third-order valence-corrected chi connectivity index (χ3v) is 5.20. The third kappa shape index (κ3) is 2.77. The van der Waals surface area contributed by atoms with E-state index in [9.17, 15) is 0 Å². The summed E-state index contributed by atoms with van der Waals surface area (Å²) in [6.07, 6.45) is 0. The molecule has 3 nitrogen and oxygen atoms in total. The van der Waals surface area contributed by atoms with E-state index < -0.39 is 0 Å². The van der Waals surface area contributed by atoms with E-state index in [1.54, 1.807) is 0 Å². The molecule has 2 aromatic carbocycles. The number of nitrogens with zero attached hydrogens (tertiary/aromatic N) is 1. The molecule has 0 amide bonds. The van der Waals surface area contributed by atoms with Crippen molar-refractivity contribution in [1.29, 1.82) is 0 Å². The number of benzene rings is 2. The van der Waals surface area contributed by atoms with Crippen LogP contribution in [-0.4, -0.2) is 18.8 Å². The molecule has 0 bridgehead atoms. The summed E-state index contributed by atoms with van der Waals surface area (Å²) in [7, 11) is 0. The summed E-state index contributed by atoms with van der Waals surface area (Å²) in [4.78, 5) is 5.73. The number of nitrogens with one attached hydrogen (secondary N) is 1. The van der Waals surface area contributed by atoms with Gasteiger partial charge in [-0.25, -0.2) is 0 Å². The smallest absolute Gasteiger partial charge is 0.157 e. The molecule has 3 heteroatoms. The highest BCUT2D eigenvalue weighted by molar-refractivity contribution is 6.04. The van der Waals surface area contributed by atoms with Gasteiger partial charge in [-0.3, -0.25) is 0 Å². The van der Waals surface area contributed by atoms with E-state index in [2.05, 4.69) is 42.5 Å². The fraction of sp³-hybridized carbons (Fsp3) is 0.350. The monoisotopic (exact) mass is 306 g/mol. The highest BCUT2D eigenvalue weighted by Gasteiger charge is 2.55. The minimum Gasteiger partial charge on any atom is -0.357 e. The highest BCUT2D eigenvalue weighted by Crippen LogP contribution is 2.50. The molecule has 0 radical (unpaired) electrons. The van der Waals surface area contributed by atoms with E-state index in [4.69, 9.17) is 4.84 Å². The van der Waals surface area contributed by atoms with Crippen LogP contribution in [0.1, 0.15) is 16.7 Å². The van der Waals surface area contributed by atoms with Gasteiger partial charge in [-0.1, -0.05) is 35.5 Å². The lowest BCUT2D eigenvalue weighted by Crippen LogP contribution is -2.20. The second-order valence-corrected chi connectivity index (χ2v) is 6.69. The van der Waals surface area contributed by atoms with Gasteiger partial charge in [-0.05, 0) is 73.7 Å². The second kappa shape index (κ2) is 5.82. The normalized spacial score (nSPS) is 26.0.